The minimum Gasteiger partial charge on any atom is -0.489 e. The summed E-state index contributed by atoms with van der Waals surface area (Å²) >= 11 is 0. The van der Waals surface area contributed by atoms with Crippen LogP contribution in [0.5, 0.6) is 5.75 Å². The Balaban J connectivity index is 1.87. The molecule has 0 radical (unpaired) electrons. The second-order valence-electron chi connectivity index (χ2n) is 5.62. The molecule has 3 atom stereocenters. The Bertz CT molecular complexity index is 394. The quantitative estimate of drug-likeness (QED) is 0.869. The maximum Gasteiger partial charge on any atom is 0.138 e. The topological polar surface area (TPSA) is 57.4 Å². The molecule has 1 heterocycles. The second-order valence-corrected chi connectivity index (χ2v) is 5.62. The van der Waals surface area contributed by atoms with Gasteiger partial charge in [0.1, 0.15) is 11.9 Å². The molecule has 1 aliphatic rings. The first-order valence-electron chi connectivity index (χ1n) is 7.61. The first-order chi connectivity index (χ1) is 9.71. The highest BCUT2D eigenvalue weighted by molar-refractivity contribution is 5.20. The van der Waals surface area contributed by atoms with Crippen LogP contribution < -0.4 is 10.5 Å². The van der Waals surface area contributed by atoms with Gasteiger partial charge in [-0.3, -0.25) is 4.98 Å². The molecular formula is C16H26N2O2. The van der Waals surface area contributed by atoms with Gasteiger partial charge in [-0.25, -0.2) is 0 Å². The third-order valence-electron chi connectivity index (χ3n) is 4.01. The third-order valence-corrected chi connectivity index (χ3v) is 4.01. The molecule has 1 aromatic heterocycles. The molecule has 1 fully saturated rings. The fourth-order valence-electron chi connectivity index (χ4n) is 2.63. The van der Waals surface area contributed by atoms with Crippen LogP contribution >= 0.6 is 0 Å². The zero-order valence-corrected chi connectivity index (χ0v) is 12.5. The van der Waals surface area contributed by atoms with Gasteiger partial charge in [0.15, 0.2) is 0 Å². The molecule has 0 spiro atoms. The van der Waals surface area contributed by atoms with Gasteiger partial charge in [0.05, 0.1) is 12.3 Å². The summed E-state index contributed by atoms with van der Waals surface area (Å²) in [5, 5.41) is 0. The standard InChI is InChI=1S/C16H26N2O2/c1-3-12(17)9-13-7-8-16(11-18-13)20-15-6-4-5-14(10-15)19-2/h7-8,11-12,14-15H,3-6,9-10,17H2,1-2H3. The first kappa shape index (κ1) is 15.3. The Labute approximate surface area is 121 Å². The van der Waals surface area contributed by atoms with E-state index in [9.17, 15) is 0 Å². The zero-order chi connectivity index (χ0) is 14.4. The van der Waals surface area contributed by atoms with Crippen LogP contribution in [-0.2, 0) is 11.2 Å². The summed E-state index contributed by atoms with van der Waals surface area (Å²) in [6.45, 7) is 2.09. The van der Waals surface area contributed by atoms with E-state index in [2.05, 4.69) is 11.9 Å². The van der Waals surface area contributed by atoms with Gasteiger partial charge in [0.2, 0.25) is 0 Å². The second kappa shape index (κ2) is 7.60. The molecule has 0 bridgehead atoms. The van der Waals surface area contributed by atoms with E-state index in [0.29, 0.717) is 6.10 Å². The van der Waals surface area contributed by atoms with Crippen LogP contribution in [0.25, 0.3) is 0 Å². The smallest absolute Gasteiger partial charge is 0.138 e. The number of nitrogens with two attached hydrogens (primary N) is 1. The lowest BCUT2D eigenvalue weighted by molar-refractivity contribution is 0.0208. The number of nitrogens with zero attached hydrogens (tertiary/aromatic N) is 1. The number of aromatic nitrogens is 1. The molecule has 0 amide bonds. The Hall–Kier alpha value is -1.13. The predicted molar refractivity (Wildman–Crippen MR) is 79.9 cm³/mol. The summed E-state index contributed by atoms with van der Waals surface area (Å²) in [5.74, 6) is 0.848. The van der Waals surface area contributed by atoms with Crippen molar-refractivity contribution in [2.24, 2.45) is 5.73 Å². The van der Waals surface area contributed by atoms with Gasteiger partial charge >= 0.3 is 0 Å². The van der Waals surface area contributed by atoms with E-state index in [4.69, 9.17) is 15.2 Å². The van der Waals surface area contributed by atoms with Crippen molar-refractivity contribution in [2.45, 2.75) is 63.7 Å². The lowest BCUT2D eigenvalue weighted by Gasteiger charge is -2.28. The SMILES string of the molecule is CCC(N)Cc1ccc(OC2CCCC(OC)C2)cn1. The average molecular weight is 278 g/mol. The van der Waals surface area contributed by atoms with E-state index in [1.807, 2.05) is 18.3 Å². The van der Waals surface area contributed by atoms with Crippen molar-refractivity contribution in [1.29, 1.82) is 0 Å². The molecule has 2 N–H and O–H groups in total. The zero-order valence-electron chi connectivity index (χ0n) is 12.5. The van der Waals surface area contributed by atoms with E-state index >= 15 is 0 Å². The van der Waals surface area contributed by atoms with Crippen molar-refractivity contribution in [2.75, 3.05) is 7.11 Å². The van der Waals surface area contributed by atoms with Crippen LogP contribution in [-0.4, -0.2) is 30.3 Å². The van der Waals surface area contributed by atoms with Crippen LogP contribution in [0.2, 0.25) is 0 Å². The Kier molecular flexibility index (Phi) is 5.80. The molecule has 0 aliphatic heterocycles. The summed E-state index contributed by atoms with van der Waals surface area (Å²) in [5.41, 5.74) is 6.97. The summed E-state index contributed by atoms with van der Waals surface area (Å²) < 4.78 is 11.4. The molecule has 3 unspecified atom stereocenters. The summed E-state index contributed by atoms with van der Waals surface area (Å²) in [4.78, 5) is 4.44. The maximum absolute atomic E-state index is 6.00. The molecule has 2 rings (SSSR count). The van der Waals surface area contributed by atoms with Crippen molar-refractivity contribution in [3.05, 3.63) is 24.0 Å². The Morgan fingerprint density at radius 1 is 1.35 bits per heavy atom. The Morgan fingerprint density at radius 2 is 2.15 bits per heavy atom. The van der Waals surface area contributed by atoms with E-state index < -0.39 is 0 Å². The van der Waals surface area contributed by atoms with Crippen molar-refractivity contribution < 1.29 is 9.47 Å². The number of rotatable bonds is 6. The van der Waals surface area contributed by atoms with Gasteiger partial charge in [-0.2, -0.15) is 0 Å². The van der Waals surface area contributed by atoms with Gasteiger partial charge in [-0.05, 0) is 37.8 Å². The van der Waals surface area contributed by atoms with Gasteiger partial charge in [0, 0.05) is 31.7 Å². The van der Waals surface area contributed by atoms with Gasteiger partial charge in [-0.1, -0.05) is 6.92 Å². The Morgan fingerprint density at radius 3 is 2.80 bits per heavy atom. The normalized spacial score (nSPS) is 24.4. The third kappa shape index (κ3) is 4.46. The van der Waals surface area contributed by atoms with E-state index in [1.165, 1.54) is 6.42 Å². The minimum atomic E-state index is 0.190. The molecule has 4 heteroatoms. The van der Waals surface area contributed by atoms with Crippen molar-refractivity contribution >= 4 is 0 Å². The van der Waals surface area contributed by atoms with E-state index in [0.717, 1.165) is 43.5 Å². The maximum atomic E-state index is 6.00. The molecule has 1 saturated carbocycles. The molecule has 4 nitrogen and oxygen atoms in total. The minimum absolute atomic E-state index is 0.190. The van der Waals surface area contributed by atoms with E-state index in [1.54, 1.807) is 7.11 Å². The molecule has 0 saturated heterocycles. The highest BCUT2D eigenvalue weighted by atomic mass is 16.5. The van der Waals surface area contributed by atoms with E-state index in [-0.39, 0.29) is 12.1 Å². The molecule has 0 aromatic carbocycles. The monoisotopic (exact) mass is 278 g/mol. The number of methoxy groups -OCH3 is 1. The number of hydrogen-bond donors (Lipinski definition) is 1. The van der Waals surface area contributed by atoms with Crippen LogP contribution in [0.3, 0.4) is 0 Å². The van der Waals surface area contributed by atoms with Gasteiger partial charge in [-0.15, -0.1) is 0 Å². The highest BCUT2D eigenvalue weighted by Crippen LogP contribution is 2.25. The van der Waals surface area contributed by atoms with Crippen molar-refractivity contribution in [3.63, 3.8) is 0 Å². The van der Waals surface area contributed by atoms with Gasteiger partial charge in [0.25, 0.3) is 0 Å². The van der Waals surface area contributed by atoms with Crippen LogP contribution in [0.1, 0.15) is 44.7 Å². The molecule has 1 aromatic rings. The van der Waals surface area contributed by atoms with Crippen LogP contribution in [0.4, 0.5) is 0 Å². The fourth-order valence-corrected chi connectivity index (χ4v) is 2.63. The van der Waals surface area contributed by atoms with Crippen LogP contribution in [0.15, 0.2) is 18.3 Å². The summed E-state index contributed by atoms with van der Waals surface area (Å²) in [6, 6.07) is 4.21. The predicted octanol–water partition coefficient (Wildman–Crippen LogP) is 2.70. The number of hydrogen-bond acceptors (Lipinski definition) is 4. The highest BCUT2D eigenvalue weighted by Gasteiger charge is 2.23. The summed E-state index contributed by atoms with van der Waals surface area (Å²) in [7, 11) is 1.78. The largest absolute Gasteiger partial charge is 0.489 e. The van der Waals surface area contributed by atoms with Crippen molar-refractivity contribution in [3.8, 4) is 5.75 Å². The summed E-state index contributed by atoms with van der Waals surface area (Å²) in [6.07, 6.45) is 8.58. The number of ether oxygens (including phenoxy) is 2. The lowest BCUT2D eigenvalue weighted by atomic mass is 9.95. The van der Waals surface area contributed by atoms with Gasteiger partial charge < -0.3 is 15.2 Å². The molecule has 112 valence electrons. The molecular weight excluding hydrogens is 252 g/mol. The molecule has 1 aliphatic carbocycles. The molecule has 20 heavy (non-hydrogen) atoms. The van der Waals surface area contributed by atoms with Crippen LogP contribution in [0, 0.1) is 0 Å². The number of pyridine rings is 1. The first-order valence-corrected chi connectivity index (χ1v) is 7.61. The fraction of sp³-hybridized carbons (Fsp3) is 0.688. The lowest BCUT2D eigenvalue weighted by Crippen LogP contribution is -2.29. The van der Waals surface area contributed by atoms with Crippen molar-refractivity contribution in [1.82, 2.24) is 4.98 Å². The average Bonchev–Trinajstić information content (AvgIpc) is 2.49.